The highest BCUT2D eigenvalue weighted by Crippen LogP contribution is 2.28. The van der Waals surface area contributed by atoms with Gasteiger partial charge in [-0.15, -0.1) is 0 Å². The molecule has 1 heterocycles. The molecule has 1 aromatic rings. The molecule has 1 aliphatic heterocycles. The third-order valence-corrected chi connectivity index (χ3v) is 2.66. The maximum absolute atomic E-state index is 12.1. The number of cyclic esters (lactones) is 1. The molecule has 1 amide bonds. The summed E-state index contributed by atoms with van der Waals surface area (Å²) >= 11 is 0. The van der Waals surface area contributed by atoms with Gasteiger partial charge < -0.3 is 19.5 Å². The normalized spacial score (nSPS) is 17.9. The van der Waals surface area contributed by atoms with Crippen molar-refractivity contribution < 1.29 is 23.8 Å². The number of hydrogen-bond donors (Lipinski definition) is 1. The van der Waals surface area contributed by atoms with E-state index >= 15 is 0 Å². The fraction of sp³-hybridized carbons (Fsp3) is 0.333. The van der Waals surface area contributed by atoms with Crippen LogP contribution in [0.15, 0.2) is 18.2 Å². The molecular weight excluding hydrogens is 238 g/mol. The van der Waals surface area contributed by atoms with E-state index in [0.717, 1.165) is 0 Å². The first-order chi connectivity index (χ1) is 8.65. The van der Waals surface area contributed by atoms with Crippen molar-refractivity contribution in [3.8, 4) is 11.5 Å². The minimum absolute atomic E-state index is 0.0476. The second kappa shape index (κ2) is 4.95. The number of ketones is 1. The van der Waals surface area contributed by atoms with Crippen LogP contribution < -0.4 is 14.8 Å². The van der Waals surface area contributed by atoms with Gasteiger partial charge in [0, 0.05) is 5.56 Å². The summed E-state index contributed by atoms with van der Waals surface area (Å²) in [5.74, 6) is 0.788. The fourth-order valence-corrected chi connectivity index (χ4v) is 1.72. The number of Topliss-reactive ketones (excluding diaryl/α,β-unsaturated/α-hetero) is 1. The van der Waals surface area contributed by atoms with Gasteiger partial charge in [0.15, 0.2) is 17.3 Å². The zero-order chi connectivity index (χ0) is 13.1. The molecular formula is C12H13NO5. The number of hydrogen-bond acceptors (Lipinski definition) is 5. The Morgan fingerprint density at radius 3 is 2.61 bits per heavy atom. The van der Waals surface area contributed by atoms with Crippen molar-refractivity contribution in [1.29, 1.82) is 0 Å². The molecule has 1 saturated heterocycles. The van der Waals surface area contributed by atoms with Crippen molar-refractivity contribution in [2.75, 3.05) is 20.8 Å². The Morgan fingerprint density at radius 2 is 2.06 bits per heavy atom. The summed E-state index contributed by atoms with van der Waals surface area (Å²) in [7, 11) is 3.01. The molecule has 0 aromatic heterocycles. The number of amides is 1. The van der Waals surface area contributed by atoms with E-state index in [0.29, 0.717) is 17.1 Å². The SMILES string of the molecule is COc1ccc(C(=O)[C@H]2COC(=O)N2)cc1OC. The number of carbonyl (C=O) groups is 2. The third kappa shape index (κ3) is 2.22. The number of ether oxygens (including phenoxy) is 3. The lowest BCUT2D eigenvalue weighted by Crippen LogP contribution is -2.34. The second-order valence-electron chi connectivity index (χ2n) is 3.73. The van der Waals surface area contributed by atoms with Crippen LogP contribution in [0.1, 0.15) is 10.4 Å². The van der Waals surface area contributed by atoms with Crippen molar-refractivity contribution >= 4 is 11.9 Å². The molecule has 2 rings (SSSR count). The van der Waals surface area contributed by atoms with Gasteiger partial charge in [0.1, 0.15) is 12.6 Å². The highest BCUT2D eigenvalue weighted by atomic mass is 16.6. The van der Waals surface area contributed by atoms with Gasteiger partial charge >= 0.3 is 6.09 Å². The molecule has 0 radical (unpaired) electrons. The van der Waals surface area contributed by atoms with E-state index in [2.05, 4.69) is 10.1 Å². The van der Waals surface area contributed by atoms with Crippen LogP contribution in [0.5, 0.6) is 11.5 Å². The molecule has 6 nitrogen and oxygen atoms in total. The van der Waals surface area contributed by atoms with Crippen LogP contribution >= 0.6 is 0 Å². The maximum Gasteiger partial charge on any atom is 0.407 e. The van der Waals surface area contributed by atoms with Crippen LogP contribution in [0.25, 0.3) is 0 Å². The largest absolute Gasteiger partial charge is 0.493 e. The summed E-state index contributed by atoms with van der Waals surface area (Å²) in [5, 5.41) is 2.44. The van der Waals surface area contributed by atoms with Crippen molar-refractivity contribution in [1.82, 2.24) is 5.32 Å². The highest BCUT2D eigenvalue weighted by Gasteiger charge is 2.29. The number of rotatable bonds is 4. The number of carbonyl (C=O) groups excluding carboxylic acids is 2. The number of benzene rings is 1. The molecule has 0 spiro atoms. The van der Waals surface area contributed by atoms with E-state index < -0.39 is 12.1 Å². The van der Waals surface area contributed by atoms with Crippen molar-refractivity contribution in [2.24, 2.45) is 0 Å². The van der Waals surface area contributed by atoms with Crippen LogP contribution in [0.2, 0.25) is 0 Å². The van der Waals surface area contributed by atoms with Gasteiger partial charge in [-0.25, -0.2) is 4.79 Å². The summed E-state index contributed by atoms with van der Waals surface area (Å²) in [5.41, 5.74) is 0.434. The van der Waals surface area contributed by atoms with Crippen molar-refractivity contribution in [3.63, 3.8) is 0 Å². The zero-order valence-corrected chi connectivity index (χ0v) is 10.1. The van der Waals surface area contributed by atoms with Gasteiger partial charge in [-0.05, 0) is 18.2 Å². The van der Waals surface area contributed by atoms with E-state index in [-0.39, 0.29) is 12.4 Å². The van der Waals surface area contributed by atoms with Crippen LogP contribution in [-0.4, -0.2) is 38.7 Å². The highest BCUT2D eigenvalue weighted by molar-refractivity contribution is 6.02. The first kappa shape index (κ1) is 12.2. The quantitative estimate of drug-likeness (QED) is 0.808. The first-order valence-electron chi connectivity index (χ1n) is 5.35. The minimum atomic E-state index is -0.643. The zero-order valence-electron chi connectivity index (χ0n) is 10.1. The van der Waals surface area contributed by atoms with Crippen molar-refractivity contribution in [2.45, 2.75) is 6.04 Å². The second-order valence-corrected chi connectivity index (χ2v) is 3.73. The Hall–Kier alpha value is -2.24. The molecule has 1 N–H and O–H groups in total. The Bertz CT molecular complexity index is 485. The maximum atomic E-state index is 12.1. The van der Waals surface area contributed by atoms with Gasteiger partial charge in [-0.2, -0.15) is 0 Å². The minimum Gasteiger partial charge on any atom is -0.493 e. The monoisotopic (exact) mass is 251 g/mol. The first-order valence-corrected chi connectivity index (χ1v) is 5.35. The summed E-state index contributed by atoms with van der Waals surface area (Å²) in [4.78, 5) is 23.0. The number of alkyl carbamates (subject to hydrolysis) is 1. The standard InChI is InChI=1S/C12H13NO5/c1-16-9-4-3-7(5-10(9)17-2)11(14)8-6-18-12(15)13-8/h3-5,8H,6H2,1-2H3,(H,13,15)/t8-/m1/s1. The predicted molar refractivity (Wildman–Crippen MR) is 62.1 cm³/mol. The molecule has 18 heavy (non-hydrogen) atoms. The number of methoxy groups -OCH3 is 2. The molecule has 96 valence electrons. The Balaban J connectivity index is 2.23. The molecule has 0 saturated carbocycles. The molecule has 1 fully saturated rings. The Labute approximate surface area is 104 Å². The lowest BCUT2D eigenvalue weighted by molar-refractivity contribution is 0.0944. The van der Waals surface area contributed by atoms with E-state index in [1.165, 1.54) is 14.2 Å². The predicted octanol–water partition coefficient (Wildman–Crippen LogP) is 0.995. The van der Waals surface area contributed by atoms with Crippen molar-refractivity contribution in [3.05, 3.63) is 23.8 Å². The molecule has 6 heteroatoms. The Kier molecular flexibility index (Phi) is 3.36. The van der Waals surface area contributed by atoms with Gasteiger partial charge in [-0.3, -0.25) is 4.79 Å². The molecule has 1 aliphatic rings. The Morgan fingerprint density at radius 1 is 1.33 bits per heavy atom. The molecule has 0 unspecified atom stereocenters. The summed E-state index contributed by atoms with van der Waals surface area (Å²) in [6.45, 7) is 0.0476. The number of nitrogens with one attached hydrogen (secondary N) is 1. The average molecular weight is 251 g/mol. The van der Waals surface area contributed by atoms with E-state index in [1.54, 1.807) is 18.2 Å². The summed E-state index contributed by atoms with van der Waals surface area (Å²) in [6.07, 6.45) is -0.575. The van der Waals surface area contributed by atoms with Crippen LogP contribution in [0, 0.1) is 0 Å². The van der Waals surface area contributed by atoms with Gasteiger partial charge in [0.25, 0.3) is 0 Å². The van der Waals surface area contributed by atoms with Gasteiger partial charge in [-0.1, -0.05) is 0 Å². The molecule has 1 aromatic carbocycles. The fourth-order valence-electron chi connectivity index (χ4n) is 1.72. The van der Waals surface area contributed by atoms with Gasteiger partial charge in [0.05, 0.1) is 14.2 Å². The van der Waals surface area contributed by atoms with Crippen LogP contribution in [-0.2, 0) is 4.74 Å². The smallest absolute Gasteiger partial charge is 0.407 e. The van der Waals surface area contributed by atoms with Crippen LogP contribution in [0.3, 0.4) is 0 Å². The molecule has 0 aliphatic carbocycles. The lowest BCUT2D eigenvalue weighted by Gasteiger charge is -2.10. The van der Waals surface area contributed by atoms with Gasteiger partial charge in [0.2, 0.25) is 0 Å². The molecule has 1 atom stereocenters. The third-order valence-electron chi connectivity index (χ3n) is 2.66. The molecule has 0 bridgehead atoms. The van der Waals surface area contributed by atoms with E-state index in [4.69, 9.17) is 9.47 Å². The summed E-state index contributed by atoms with van der Waals surface area (Å²) < 4.78 is 14.9. The van der Waals surface area contributed by atoms with Crippen LogP contribution in [0.4, 0.5) is 4.79 Å². The van der Waals surface area contributed by atoms with E-state index in [1.807, 2.05) is 0 Å². The summed E-state index contributed by atoms with van der Waals surface area (Å²) in [6, 6.07) is 4.19. The van der Waals surface area contributed by atoms with E-state index in [9.17, 15) is 9.59 Å². The lowest BCUT2D eigenvalue weighted by atomic mass is 10.0. The average Bonchev–Trinajstić information content (AvgIpc) is 2.83. The topological polar surface area (TPSA) is 73.9 Å².